The molecule has 0 aromatic heterocycles. The molecule has 1 atom stereocenters. The Balaban J connectivity index is 2.46. The first-order valence-electron chi connectivity index (χ1n) is 7.50. The fourth-order valence-corrected chi connectivity index (χ4v) is 2.38. The van der Waals surface area contributed by atoms with Crippen LogP contribution in [0, 0.1) is 23.4 Å². The van der Waals surface area contributed by atoms with Gasteiger partial charge in [0.2, 0.25) is 5.91 Å². The van der Waals surface area contributed by atoms with Gasteiger partial charge in [-0.3, -0.25) is 4.79 Å². The average Bonchev–Trinajstić information content (AvgIpc) is 2.50. The summed E-state index contributed by atoms with van der Waals surface area (Å²) in [6.07, 6.45) is 0.205. The van der Waals surface area contributed by atoms with Crippen molar-refractivity contribution in [2.75, 3.05) is 0 Å². The van der Waals surface area contributed by atoms with Crippen molar-refractivity contribution in [1.82, 2.24) is 5.32 Å². The molecular formula is C18H18F3NO2. The van der Waals surface area contributed by atoms with Crippen LogP contribution >= 0.6 is 0 Å². The smallest absolute Gasteiger partial charge is 0.221 e. The van der Waals surface area contributed by atoms with Crippen LogP contribution in [0.5, 0.6) is 5.75 Å². The Bertz CT molecular complexity index is 747. The third kappa shape index (κ3) is 4.28. The number of nitrogens with one attached hydrogen (secondary N) is 1. The van der Waals surface area contributed by atoms with E-state index in [0.717, 1.165) is 30.3 Å². The molecule has 0 aliphatic heterocycles. The second kappa shape index (κ2) is 7.38. The van der Waals surface area contributed by atoms with Crippen LogP contribution in [0.15, 0.2) is 36.4 Å². The minimum Gasteiger partial charge on any atom is -0.508 e. The molecular weight excluding hydrogens is 319 g/mol. The monoisotopic (exact) mass is 337 g/mol. The minimum atomic E-state index is -1.09. The van der Waals surface area contributed by atoms with Crippen LogP contribution in [0.2, 0.25) is 0 Å². The lowest BCUT2D eigenvalue weighted by Gasteiger charge is -2.21. The Morgan fingerprint density at radius 1 is 1.08 bits per heavy atom. The summed E-state index contributed by atoms with van der Waals surface area (Å²) in [5.41, 5.74) is 0.269. The van der Waals surface area contributed by atoms with Crippen LogP contribution in [0.4, 0.5) is 13.2 Å². The van der Waals surface area contributed by atoms with Gasteiger partial charge in [-0.1, -0.05) is 19.9 Å². The van der Waals surface area contributed by atoms with Crippen LogP contribution in [0.25, 0.3) is 0 Å². The first kappa shape index (κ1) is 17.8. The lowest BCUT2D eigenvalue weighted by atomic mass is 9.96. The topological polar surface area (TPSA) is 49.3 Å². The fourth-order valence-electron chi connectivity index (χ4n) is 2.38. The highest BCUT2D eigenvalue weighted by Crippen LogP contribution is 2.31. The van der Waals surface area contributed by atoms with E-state index in [9.17, 15) is 23.1 Å². The number of carbonyl (C=O) groups excluding carboxylic acids is 1. The van der Waals surface area contributed by atoms with Crippen LogP contribution in [0.1, 0.15) is 37.4 Å². The summed E-state index contributed by atoms with van der Waals surface area (Å²) in [6.45, 7) is 3.71. The molecule has 0 radical (unpaired) electrons. The summed E-state index contributed by atoms with van der Waals surface area (Å²) in [4.78, 5) is 12.1. The third-order valence-electron chi connectivity index (χ3n) is 3.48. The van der Waals surface area contributed by atoms with Gasteiger partial charge in [0, 0.05) is 12.0 Å². The molecule has 3 nitrogen and oxygen atoms in total. The van der Waals surface area contributed by atoms with Gasteiger partial charge in [-0.2, -0.15) is 0 Å². The van der Waals surface area contributed by atoms with Gasteiger partial charge in [0.15, 0.2) is 11.6 Å². The molecule has 6 heteroatoms. The Morgan fingerprint density at radius 3 is 2.42 bits per heavy atom. The van der Waals surface area contributed by atoms with Crippen LogP contribution < -0.4 is 5.32 Å². The molecule has 0 aliphatic rings. The summed E-state index contributed by atoms with van der Waals surface area (Å²) in [6, 6.07) is 5.38. The van der Waals surface area contributed by atoms with E-state index in [0.29, 0.717) is 0 Å². The standard InChI is InChI=1S/C18H18F3NO2/c1-10(2)7-17(24)22-18(11-3-5-14(20)15(21)8-11)13-9-12(19)4-6-16(13)23/h3-6,8-10,18,23H,7H2,1-2H3,(H,22,24). The van der Waals surface area contributed by atoms with Crippen molar-refractivity contribution in [3.8, 4) is 5.75 Å². The second-order valence-electron chi connectivity index (χ2n) is 5.98. The average molecular weight is 337 g/mol. The summed E-state index contributed by atoms with van der Waals surface area (Å²) >= 11 is 0. The Morgan fingerprint density at radius 2 is 1.79 bits per heavy atom. The number of hydrogen-bond acceptors (Lipinski definition) is 2. The molecule has 0 heterocycles. The van der Waals surface area contributed by atoms with E-state index in [4.69, 9.17) is 0 Å². The van der Waals surface area contributed by atoms with Crippen LogP contribution in [0.3, 0.4) is 0 Å². The Hall–Kier alpha value is -2.50. The first-order chi connectivity index (χ1) is 11.3. The molecule has 0 saturated heterocycles. The van der Waals surface area contributed by atoms with Gasteiger partial charge in [-0.15, -0.1) is 0 Å². The van der Waals surface area contributed by atoms with Crippen molar-refractivity contribution in [1.29, 1.82) is 0 Å². The van der Waals surface area contributed by atoms with Gasteiger partial charge < -0.3 is 10.4 Å². The third-order valence-corrected chi connectivity index (χ3v) is 3.48. The lowest BCUT2D eigenvalue weighted by molar-refractivity contribution is -0.122. The van der Waals surface area contributed by atoms with Crippen molar-refractivity contribution in [2.45, 2.75) is 26.3 Å². The van der Waals surface area contributed by atoms with Gasteiger partial charge in [0.05, 0.1) is 6.04 Å². The number of carbonyl (C=O) groups is 1. The highest BCUT2D eigenvalue weighted by Gasteiger charge is 2.22. The largest absolute Gasteiger partial charge is 0.508 e. The fraction of sp³-hybridized carbons (Fsp3) is 0.278. The number of halogens is 3. The zero-order valence-electron chi connectivity index (χ0n) is 13.3. The highest BCUT2D eigenvalue weighted by molar-refractivity contribution is 5.77. The molecule has 0 bridgehead atoms. The molecule has 24 heavy (non-hydrogen) atoms. The van der Waals surface area contributed by atoms with Crippen molar-refractivity contribution in [2.24, 2.45) is 5.92 Å². The molecule has 0 spiro atoms. The number of benzene rings is 2. The maximum atomic E-state index is 13.6. The van der Waals surface area contributed by atoms with Crippen LogP contribution in [-0.2, 0) is 4.79 Å². The van der Waals surface area contributed by atoms with E-state index in [-0.39, 0.29) is 35.1 Å². The normalized spacial score (nSPS) is 12.2. The molecule has 2 N–H and O–H groups in total. The van der Waals surface area contributed by atoms with Crippen molar-refractivity contribution >= 4 is 5.91 Å². The number of amides is 1. The second-order valence-corrected chi connectivity index (χ2v) is 5.98. The van der Waals surface area contributed by atoms with E-state index in [1.54, 1.807) is 0 Å². The van der Waals surface area contributed by atoms with E-state index >= 15 is 0 Å². The van der Waals surface area contributed by atoms with Crippen molar-refractivity contribution in [3.05, 3.63) is 65.0 Å². The van der Waals surface area contributed by atoms with Gasteiger partial charge in [0.25, 0.3) is 0 Å². The van der Waals surface area contributed by atoms with E-state index in [1.807, 2.05) is 13.8 Å². The summed E-state index contributed by atoms with van der Waals surface area (Å²) in [7, 11) is 0. The van der Waals surface area contributed by atoms with Crippen molar-refractivity contribution in [3.63, 3.8) is 0 Å². The zero-order valence-corrected chi connectivity index (χ0v) is 13.3. The van der Waals surface area contributed by atoms with E-state index in [2.05, 4.69) is 5.32 Å². The molecule has 0 fully saturated rings. The highest BCUT2D eigenvalue weighted by atomic mass is 19.2. The minimum absolute atomic E-state index is 0.0677. The molecule has 2 aromatic carbocycles. The molecule has 0 saturated carbocycles. The SMILES string of the molecule is CC(C)CC(=O)NC(c1ccc(F)c(F)c1)c1cc(F)ccc1O. The predicted molar refractivity (Wildman–Crippen MR) is 83.9 cm³/mol. The lowest BCUT2D eigenvalue weighted by Crippen LogP contribution is -2.30. The van der Waals surface area contributed by atoms with Gasteiger partial charge in [0.1, 0.15) is 11.6 Å². The maximum absolute atomic E-state index is 13.6. The number of phenolic OH excluding ortho intramolecular Hbond substituents is 1. The molecule has 1 unspecified atom stereocenters. The predicted octanol–water partition coefficient (Wildman–Crippen LogP) is 4.06. The quantitative estimate of drug-likeness (QED) is 0.864. The van der Waals surface area contributed by atoms with E-state index < -0.39 is 23.5 Å². The zero-order chi connectivity index (χ0) is 17.9. The van der Waals surface area contributed by atoms with Gasteiger partial charge in [-0.05, 0) is 41.8 Å². The molecule has 1 amide bonds. The Kier molecular flexibility index (Phi) is 5.49. The van der Waals surface area contributed by atoms with Gasteiger partial charge in [-0.25, -0.2) is 13.2 Å². The van der Waals surface area contributed by atoms with Gasteiger partial charge >= 0.3 is 0 Å². The number of hydrogen-bond donors (Lipinski definition) is 2. The summed E-state index contributed by atoms with van der Waals surface area (Å²) < 4.78 is 40.3. The number of rotatable bonds is 5. The number of aromatic hydroxyl groups is 1. The number of phenols is 1. The maximum Gasteiger partial charge on any atom is 0.221 e. The summed E-state index contributed by atoms with van der Waals surface area (Å²) in [5.74, 6) is -3.26. The molecule has 2 rings (SSSR count). The first-order valence-corrected chi connectivity index (χ1v) is 7.50. The molecule has 128 valence electrons. The molecule has 0 aliphatic carbocycles. The van der Waals surface area contributed by atoms with Crippen molar-refractivity contribution < 1.29 is 23.1 Å². The Labute approximate surface area is 138 Å². The summed E-state index contributed by atoms with van der Waals surface area (Å²) in [5, 5.41) is 12.6. The van der Waals surface area contributed by atoms with E-state index in [1.165, 1.54) is 6.07 Å². The molecule has 2 aromatic rings. The van der Waals surface area contributed by atoms with Crippen LogP contribution in [-0.4, -0.2) is 11.0 Å².